The number of rotatable bonds is 5. The van der Waals surface area contributed by atoms with E-state index in [-0.39, 0.29) is 30.0 Å². The van der Waals surface area contributed by atoms with Gasteiger partial charge in [-0.3, -0.25) is 4.90 Å². The second-order valence-electron chi connectivity index (χ2n) is 6.24. The Bertz CT molecular complexity index is 438. The molecule has 122 valence electrons. The van der Waals surface area contributed by atoms with Gasteiger partial charge < -0.3 is 15.0 Å². The molecule has 1 fully saturated rings. The minimum Gasteiger partial charge on any atom is -0.371 e. The molecule has 0 aromatic carbocycles. The van der Waals surface area contributed by atoms with Crippen molar-refractivity contribution in [1.82, 2.24) is 15.0 Å². The zero-order valence-electron chi connectivity index (χ0n) is 13.3. The molecule has 2 heterocycles. The van der Waals surface area contributed by atoms with Gasteiger partial charge in [0.05, 0.1) is 6.54 Å². The third kappa shape index (κ3) is 4.64. The van der Waals surface area contributed by atoms with Crippen molar-refractivity contribution >= 4 is 12.4 Å². The Hall–Kier alpha value is -0.690. The Labute approximate surface area is 132 Å². The predicted octanol–water partition coefficient (Wildman–Crippen LogP) is 2.15. The zero-order valence-corrected chi connectivity index (χ0v) is 14.2. The van der Waals surface area contributed by atoms with Crippen LogP contribution in [-0.2, 0) is 11.3 Å². The predicted molar refractivity (Wildman–Crippen MR) is 83.2 cm³/mol. The molecule has 0 amide bonds. The van der Waals surface area contributed by atoms with E-state index < -0.39 is 0 Å². The van der Waals surface area contributed by atoms with Gasteiger partial charge in [0.15, 0.2) is 5.82 Å². The van der Waals surface area contributed by atoms with Crippen LogP contribution in [0.25, 0.3) is 0 Å². The monoisotopic (exact) mass is 318 g/mol. The minimum absolute atomic E-state index is 0. The quantitative estimate of drug-likeness (QED) is 0.896. The fourth-order valence-electron chi connectivity index (χ4n) is 2.63. The van der Waals surface area contributed by atoms with Crippen LogP contribution in [0.1, 0.15) is 51.9 Å². The summed E-state index contributed by atoms with van der Waals surface area (Å²) in [6.07, 6.45) is 0.882. The van der Waals surface area contributed by atoms with Gasteiger partial charge in [-0.15, -0.1) is 12.4 Å². The first kappa shape index (κ1) is 18.4. The molecular weight excluding hydrogens is 292 g/mol. The van der Waals surface area contributed by atoms with Crippen LogP contribution >= 0.6 is 12.4 Å². The molecule has 1 saturated heterocycles. The number of ether oxygens (including phenoxy) is 1. The summed E-state index contributed by atoms with van der Waals surface area (Å²) >= 11 is 0. The number of likely N-dealkylation sites (tertiary alicyclic amines) is 1. The highest BCUT2D eigenvalue weighted by atomic mass is 35.5. The molecule has 6 nitrogen and oxygen atoms in total. The molecule has 1 aromatic heterocycles. The van der Waals surface area contributed by atoms with Crippen molar-refractivity contribution in [2.75, 3.05) is 19.7 Å². The molecule has 1 aromatic rings. The highest BCUT2D eigenvalue weighted by Gasteiger charge is 2.33. The van der Waals surface area contributed by atoms with Crippen LogP contribution in [0.5, 0.6) is 0 Å². The van der Waals surface area contributed by atoms with Crippen molar-refractivity contribution in [3.05, 3.63) is 11.7 Å². The van der Waals surface area contributed by atoms with Crippen molar-refractivity contribution < 1.29 is 9.26 Å². The molecule has 7 heteroatoms. The van der Waals surface area contributed by atoms with Crippen molar-refractivity contribution in [3.63, 3.8) is 0 Å². The van der Waals surface area contributed by atoms with Crippen molar-refractivity contribution in [2.45, 2.75) is 52.8 Å². The third-order valence-corrected chi connectivity index (χ3v) is 4.01. The lowest BCUT2D eigenvalue weighted by atomic mass is 9.80. The lowest BCUT2D eigenvalue weighted by Crippen LogP contribution is -2.52. The van der Waals surface area contributed by atoms with E-state index in [1.165, 1.54) is 0 Å². The molecule has 0 saturated carbocycles. The van der Waals surface area contributed by atoms with Crippen LogP contribution in [0.15, 0.2) is 4.52 Å². The summed E-state index contributed by atoms with van der Waals surface area (Å²) in [6.45, 7) is 11.6. The average molecular weight is 319 g/mol. The van der Waals surface area contributed by atoms with E-state index in [1.807, 2.05) is 13.8 Å². The summed E-state index contributed by atoms with van der Waals surface area (Å²) in [5, 5.41) is 3.99. The number of nitrogens with two attached hydrogens (primary N) is 1. The average Bonchev–Trinajstić information content (AvgIpc) is 2.82. The highest BCUT2D eigenvalue weighted by molar-refractivity contribution is 5.85. The number of nitrogens with zero attached hydrogens (tertiary/aromatic N) is 3. The van der Waals surface area contributed by atoms with Gasteiger partial charge in [-0.1, -0.05) is 19.0 Å². The van der Waals surface area contributed by atoms with Crippen molar-refractivity contribution in [3.8, 4) is 0 Å². The number of hydrogen-bond acceptors (Lipinski definition) is 6. The Morgan fingerprint density at radius 3 is 2.86 bits per heavy atom. The first-order chi connectivity index (χ1) is 9.42. The van der Waals surface area contributed by atoms with E-state index in [2.05, 4.69) is 28.9 Å². The maximum atomic E-state index is 6.15. The summed E-state index contributed by atoms with van der Waals surface area (Å²) in [7, 11) is 0. The molecule has 21 heavy (non-hydrogen) atoms. The molecule has 2 atom stereocenters. The second-order valence-corrected chi connectivity index (χ2v) is 6.24. The Morgan fingerprint density at radius 1 is 1.52 bits per heavy atom. The normalized spacial score (nSPS) is 23.6. The Balaban J connectivity index is 0.00000220. The topological polar surface area (TPSA) is 77.4 Å². The maximum Gasteiger partial charge on any atom is 0.240 e. The fourth-order valence-corrected chi connectivity index (χ4v) is 2.63. The molecule has 0 radical (unpaired) electrons. The van der Waals surface area contributed by atoms with E-state index in [9.17, 15) is 0 Å². The van der Waals surface area contributed by atoms with Gasteiger partial charge in [0, 0.05) is 25.7 Å². The first-order valence-electron chi connectivity index (χ1n) is 7.34. The van der Waals surface area contributed by atoms with Crippen LogP contribution in [0.4, 0.5) is 0 Å². The van der Waals surface area contributed by atoms with E-state index in [4.69, 9.17) is 15.0 Å². The molecular formula is C14H27ClN4O2. The Kier molecular flexibility index (Phi) is 6.59. The van der Waals surface area contributed by atoms with E-state index >= 15 is 0 Å². The van der Waals surface area contributed by atoms with Gasteiger partial charge in [0.2, 0.25) is 5.89 Å². The fraction of sp³-hybridized carbons (Fsp3) is 0.857. The van der Waals surface area contributed by atoms with Gasteiger partial charge in [0.1, 0.15) is 6.10 Å². The van der Waals surface area contributed by atoms with Crippen LogP contribution in [0.2, 0.25) is 0 Å². The first-order valence-corrected chi connectivity index (χ1v) is 7.34. The van der Waals surface area contributed by atoms with Gasteiger partial charge in [-0.25, -0.2) is 0 Å². The minimum atomic E-state index is -0.122. The van der Waals surface area contributed by atoms with E-state index in [0.29, 0.717) is 24.9 Å². The third-order valence-electron chi connectivity index (χ3n) is 4.01. The van der Waals surface area contributed by atoms with Gasteiger partial charge in [-0.05, 0) is 25.7 Å². The summed E-state index contributed by atoms with van der Waals surface area (Å²) in [5.41, 5.74) is 6.28. The zero-order chi connectivity index (χ0) is 14.8. The molecule has 2 rings (SSSR count). The number of hydrogen-bond donors (Lipinski definition) is 1. The molecule has 0 spiro atoms. The number of aromatic nitrogens is 2. The van der Waals surface area contributed by atoms with E-state index in [0.717, 1.165) is 19.5 Å². The maximum absolute atomic E-state index is 6.15. The number of halogens is 1. The smallest absolute Gasteiger partial charge is 0.240 e. The Morgan fingerprint density at radius 2 is 2.24 bits per heavy atom. The number of piperidine rings is 1. The van der Waals surface area contributed by atoms with Crippen LogP contribution < -0.4 is 5.73 Å². The lowest BCUT2D eigenvalue weighted by Gasteiger charge is -2.42. The summed E-state index contributed by atoms with van der Waals surface area (Å²) < 4.78 is 10.8. The highest BCUT2D eigenvalue weighted by Crippen LogP contribution is 2.28. The van der Waals surface area contributed by atoms with Crippen LogP contribution in [-0.4, -0.2) is 40.8 Å². The molecule has 2 unspecified atom stereocenters. The molecule has 1 aliphatic rings. The summed E-state index contributed by atoms with van der Waals surface area (Å²) in [5.74, 6) is 1.27. The molecule has 0 aliphatic carbocycles. The molecule has 0 bridgehead atoms. The molecule has 1 aliphatic heterocycles. The van der Waals surface area contributed by atoms with Crippen molar-refractivity contribution in [1.29, 1.82) is 0 Å². The SMILES string of the molecule is CCOC(C)c1noc(CN2CCC(N)C(C)(C)C2)n1.Cl. The summed E-state index contributed by atoms with van der Waals surface area (Å²) in [6, 6.07) is 0.259. The summed E-state index contributed by atoms with van der Waals surface area (Å²) in [4.78, 5) is 6.74. The molecule has 2 N–H and O–H groups in total. The van der Waals surface area contributed by atoms with Gasteiger partial charge in [0.25, 0.3) is 0 Å². The largest absolute Gasteiger partial charge is 0.371 e. The lowest BCUT2D eigenvalue weighted by molar-refractivity contribution is 0.0682. The second kappa shape index (κ2) is 7.54. The van der Waals surface area contributed by atoms with Crippen LogP contribution in [0, 0.1) is 5.41 Å². The van der Waals surface area contributed by atoms with Gasteiger partial charge in [-0.2, -0.15) is 4.98 Å². The van der Waals surface area contributed by atoms with Crippen molar-refractivity contribution in [2.24, 2.45) is 11.1 Å². The standard InChI is InChI=1S/C14H26N4O2.ClH/c1-5-19-10(2)13-16-12(20-17-13)8-18-7-6-11(15)14(3,4)9-18;/h10-11H,5-9,15H2,1-4H3;1H. The van der Waals surface area contributed by atoms with Crippen LogP contribution in [0.3, 0.4) is 0 Å². The van der Waals surface area contributed by atoms with E-state index in [1.54, 1.807) is 0 Å². The van der Waals surface area contributed by atoms with Gasteiger partial charge >= 0.3 is 0 Å².